The molecule has 8 heteroatoms. The number of rotatable bonds is 5. The zero-order valence-electron chi connectivity index (χ0n) is 16.6. The van der Waals surface area contributed by atoms with Crippen LogP contribution >= 0.6 is 11.6 Å². The second kappa shape index (κ2) is 9.85. The Morgan fingerprint density at radius 3 is 2.52 bits per heavy atom. The van der Waals surface area contributed by atoms with Gasteiger partial charge in [-0.25, -0.2) is 4.39 Å². The van der Waals surface area contributed by atoms with E-state index in [1.54, 1.807) is 19.2 Å². The smallest absolute Gasteiger partial charge is 0.193 e. The molecule has 1 aliphatic heterocycles. The lowest BCUT2D eigenvalue weighted by Crippen LogP contribution is -2.52. The molecule has 1 aliphatic rings. The first-order chi connectivity index (χ1) is 12.7. The predicted octanol–water partition coefficient (Wildman–Crippen LogP) is 2.72. The normalized spacial score (nSPS) is 17.9. The van der Waals surface area contributed by atoms with E-state index in [9.17, 15) is 8.60 Å². The van der Waals surface area contributed by atoms with Crippen LogP contribution in [0.5, 0.6) is 0 Å². The molecule has 1 saturated heterocycles. The molecule has 1 heterocycles. The van der Waals surface area contributed by atoms with E-state index in [2.05, 4.69) is 20.1 Å². The maximum absolute atomic E-state index is 14.0. The Bertz CT molecular complexity index is 665. The summed E-state index contributed by atoms with van der Waals surface area (Å²) in [5.41, 5.74) is 0.555. The van der Waals surface area contributed by atoms with Crippen molar-refractivity contribution in [2.75, 3.05) is 45.5 Å². The van der Waals surface area contributed by atoms with Crippen LogP contribution in [0.2, 0.25) is 5.02 Å². The van der Waals surface area contributed by atoms with Crippen LogP contribution < -0.4 is 5.32 Å². The summed E-state index contributed by atoms with van der Waals surface area (Å²) in [6.07, 6.45) is 0. The van der Waals surface area contributed by atoms with Gasteiger partial charge < -0.3 is 10.2 Å². The van der Waals surface area contributed by atoms with Gasteiger partial charge in [-0.2, -0.15) is 0 Å². The standard InChI is InChI=1S/C19H30ClFN4OS/c1-19(2,3)27(26)13-8-23-18(22-4)25-11-9-24(10-12-25)14-15-16(20)6-5-7-17(15)21/h5-7H,8-14H2,1-4H3,(H,22,23). The minimum atomic E-state index is -0.886. The van der Waals surface area contributed by atoms with Crippen LogP contribution in [0.1, 0.15) is 26.3 Å². The highest BCUT2D eigenvalue weighted by molar-refractivity contribution is 7.86. The van der Waals surface area contributed by atoms with E-state index in [0.717, 1.165) is 32.1 Å². The summed E-state index contributed by atoms with van der Waals surface area (Å²) in [5.74, 6) is 1.16. The van der Waals surface area contributed by atoms with Crippen molar-refractivity contribution < 1.29 is 8.60 Å². The number of piperazine rings is 1. The molecule has 5 nitrogen and oxygen atoms in total. The van der Waals surface area contributed by atoms with Crippen LogP contribution in [0, 0.1) is 5.82 Å². The molecule has 1 aromatic carbocycles. The number of nitrogens with zero attached hydrogens (tertiary/aromatic N) is 3. The van der Waals surface area contributed by atoms with E-state index >= 15 is 0 Å². The Kier molecular flexibility index (Phi) is 8.06. The molecule has 2 rings (SSSR count). The van der Waals surface area contributed by atoms with Gasteiger partial charge in [-0.1, -0.05) is 17.7 Å². The average molecular weight is 417 g/mol. The minimum absolute atomic E-state index is 0.204. The van der Waals surface area contributed by atoms with Gasteiger partial charge in [0.05, 0.1) is 0 Å². The topological polar surface area (TPSA) is 47.9 Å². The number of halogens is 2. The fourth-order valence-electron chi connectivity index (χ4n) is 2.92. The fraction of sp³-hybridized carbons (Fsp3) is 0.632. The Morgan fingerprint density at radius 2 is 1.96 bits per heavy atom. The van der Waals surface area contributed by atoms with Crippen molar-refractivity contribution in [2.45, 2.75) is 32.1 Å². The van der Waals surface area contributed by atoms with E-state index in [4.69, 9.17) is 11.6 Å². The van der Waals surface area contributed by atoms with E-state index in [0.29, 0.717) is 29.4 Å². The molecule has 0 aliphatic carbocycles. The fourth-order valence-corrected chi connectivity index (χ4v) is 4.04. The van der Waals surface area contributed by atoms with Crippen molar-refractivity contribution in [1.29, 1.82) is 0 Å². The summed E-state index contributed by atoms with van der Waals surface area (Å²) in [6, 6.07) is 4.80. The second-order valence-corrected chi connectivity index (χ2v) is 10.3. The molecule has 0 aromatic heterocycles. The van der Waals surface area contributed by atoms with E-state index < -0.39 is 10.8 Å². The van der Waals surface area contributed by atoms with Crippen LogP contribution in [-0.2, 0) is 17.3 Å². The van der Waals surface area contributed by atoms with Crippen molar-refractivity contribution in [3.63, 3.8) is 0 Å². The number of nitrogens with one attached hydrogen (secondary N) is 1. The summed E-state index contributed by atoms with van der Waals surface area (Å²) in [4.78, 5) is 8.72. The molecule has 0 radical (unpaired) electrons. The monoisotopic (exact) mass is 416 g/mol. The van der Waals surface area contributed by atoms with Gasteiger partial charge in [-0.15, -0.1) is 0 Å². The lowest BCUT2D eigenvalue weighted by Gasteiger charge is -2.36. The van der Waals surface area contributed by atoms with Crippen LogP contribution in [0.15, 0.2) is 23.2 Å². The zero-order chi connectivity index (χ0) is 20.0. The van der Waals surface area contributed by atoms with Gasteiger partial charge in [0, 0.05) is 78.2 Å². The highest BCUT2D eigenvalue weighted by Crippen LogP contribution is 2.21. The highest BCUT2D eigenvalue weighted by Gasteiger charge is 2.22. The van der Waals surface area contributed by atoms with Gasteiger partial charge in [0.1, 0.15) is 5.82 Å². The summed E-state index contributed by atoms with van der Waals surface area (Å²) >= 11 is 6.13. The molecule has 0 bridgehead atoms. The van der Waals surface area contributed by atoms with Crippen molar-refractivity contribution in [3.8, 4) is 0 Å². The number of aliphatic imine (C=N–C) groups is 1. The molecule has 1 aromatic rings. The van der Waals surface area contributed by atoms with Crippen molar-refractivity contribution in [3.05, 3.63) is 34.6 Å². The van der Waals surface area contributed by atoms with Crippen molar-refractivity contribution >= 4 is 28.4 Å². The molecule has 1 atom stereocenters. The third kappa shape index (κ3) is 6.43. The molecular formula is C19H30ClFN4OS. The lowest BCUT2D eigenvalue weighted by molar-refractivity contribution is 0.171. The number of benzene rings is 1. The highest BCUT2D eigenvalue weighted by atomic mass is 35.5. The Morgan fingerprint density at radius 1 is 1.30 bits per heavy atom. The average Bonchev–Trinajstić information content (AvgIpc) is 2.62. The molecule has 1 N–H and O–H groups in total. The van der Waals surface area contributed by atoms with Crippen LogP contribution in [0.25, 0.3) is 0 Å². The molecule has 1 unspecified atom stereocenters. The van der Waals surface area contributed by atoms with Crippen LogP contribution in [-0.4, -0.2) is 70.2 Å². The number of hydrogen-bond donors (Lipinski definition) is 1. The van der Waals surface area contributed by atoms with Crippen LogP contribution in [0.4, 0.5) is 4.39 Å². The Balaban J connectivity index is 1.82. The van der Waals surface area contributed by atoms with E-state index in [1.807, 2.05) is 20.8 Å². The Hall–Kier alpha value is -1.18. The van der Waals surface area contributed by atoms with Gasteiger partial charge in [-0.05, 0) is 32.9 Å². The quantitative estimate of drug-likeness (QED) is 0.592. The minimum Gasteiger partial charge on any atom is -0.355 e. The predicted molar refractivity (Wildman–Crippen MR) is 112 cm³/mol. The molecule has 0 spiro atoms. The lowest BCUT2D eigenvalue weighted by atomic mass is 10.2. The van der Waals surface area contributed by atoms with Crippen molar-refractivity contribution in [1.82, 2.24) is 15.1 Å². The SMILES string of the molecule is CN=C(NCCS(=O)C(C)(C)C)N1CCN(Cc2c(F)cccc2Cl)CC1. The second-order valence-electron chi connectivity index (χ2n) is 7.60. The van der Waals surface area contributed by atoms with E-state index in [-0.39, 0.29) is 10.6 Å². The first kappa shape index (κ1) is 22.1. The third-order valence-electron chi connectivity index (χ3n) is 4.58. The third-order valence-corrected chi connectivity index (χ3v) is 6.88. The molecule has 27 heavy (non-hydrogen) atoms. The van der Waals surface area contributed by atoms with Gasteiger partial charge >= 0.3 is 0 Å². The largest absolute Gasteiger partial charge is 0.355 e. The molecule has 152 valence electrons. The van der Waals surface area contributed by atoms with Gasteiger partial charge in [0.25, 0.3) is 0 Å². The number of hydrogen-bond acceptors (Lipinski definition) is 3. The summed E-state index contributed by atoms with van der Waals surface area (Å²) in [5, 5.41) is 3.78. The van der Waals surface area contributed by atoms with Gasteiger partial charge in [-0.3, -0.25) is 14.1 Å². The van der Waals surface area contributed by atoms with Crippen LogP contribution in [0.3, 0.4) is 0 Å². The number of guanidine groups is 1. The van der Waals surface area contributed by atoms with Gasteiger partial charge in [0.15, 0.2) is 5.96 Å². The molecule has 0 saturated carbocycles. The summed E-state index contributed by atoms with van der Waals surface area (Å²) in [6.45, 7) is 10.3. The molecule has 0 amide bonds. The van der Waals surface area contributed by atoms with Crippen molar-refractivity contribution in [2.24, 2.45) is 4.99 Å². The summed E-state index contributed by atoms with van der Waals surface area (Å²) in [7, 11) is 0.873. The maximum atomic E-state index is 14.0. The van der Waals surface area contributed by atoms with E-state index in [1.165, 1.54) is 6.07 Å². The first-order valence-corrected chi connectivity index (χ1v) is 10.9. The zero-order valence-corrected chi connectivity index (χ0v) is 18.2. The maximum Gasteiger partial charge on any atom is 0.193 e. The Labute approximate surface area is 169 Å². The van der Waals surface area contributed by atoms with Gasteiger partial charge in [0.2, 0.25) is 0 Å². The summed E-state index contributed by atoms with van der Waals surface area (Å²) < 4.78 is 25.9. The molecular weight excluding hydrogens is 387 g/mol. The molecule has 1 fully saturated rings. The first-order valence-electron chi connectivity index (χ1n) is 9.21.